The quantitative estimate of drug-likeness (QED) is 0.743. The van der Waals surface area contributed by atoms with Gasteiger partial charge in [-0.3, -0.25) is 0 Å². The van der Waals surface area contributed by atoms with Crippen molar-refractivity contribution in [3.63, 3.8) is 0 Å². The van der Waals surface area contributed by atoms with Crippen LogP contribution in [0.15, 0.2) is 36.9 Å². The van der Waals surface area contributed by atoms with Crippen LogP contribution in [0.25, 0.3) is 0 Å². The molecular formula is C14H16N2O. The lowest BCUT2D eigenvalue weighted by Crippen LogP contribution is -2.33. The second-order valence-electron chi connectivity index (χ2n) is 4.14. The van der Waals surface area contributed by atoms with Gasteiger partial charge in [-0.25, -0.2) is 0 Å². The molecule has 2 atom stereocenters. The van der Waals surface area contributed by atoms with Gasteiger partial charge in [0.05, 0.1) is 12.1 Å². The van der Waals surface area contributed by atoms with E-state index in [-0.39, 0.29) is 12.0 Å². The number of anilines is 1. The Hall–Kier alpha value is -1.79. The molecular weight excluding hydrogens is 212 g/mol. The van der Waals surface area contributed by atoms with E-state index in [0.29, 0.717) is 13.2 Å². The van der Waals surface area contributed by atoms with E-state index in [0.717, 1.165) is 5.69 Å². The van der Waals surface area contributed by atoms with Crippen LogP contribution in [0.1, 0.15) is 17.9 Å². The molecule has 17 heavy (non-hydrogen) atoms. The van der Waals surface area contributed by atoms with E-state index in [1.807, 2.05) is 18.2 Å². The van der Waals surface area contributed by atoms with Crippen molar-refractivity contribution >= 4 is 5.69 Å². The van der Waals surface area contributed by atoms with Crippen LogP contribution in [-0.4, -0.2) is 19.9 Å². The van der Waals surface area contributed by atoms with Crippen LogP contribution in [0.2, 0.25) is 0 Å². The molecule has 0 spiro atoms. The Morgan fingerprint density at radius 3 is 2.94 bits per heavy atom. The van der Waals surface area contributed by atoms with Crippen molar-refractivity contribution in [3.05, 3.63) is 42.5 Å². The molecule has 2 rings (SSSR count). The van der Waals surface area contributed by atoms with Gasteiger partial charge in [-0.05, 0) is 11.6 Å². The fraction of sp³-hybridized carbons (Fsp3) is 0.357. The fourth-order valence-electron chi connectivity index (χ4n) is 2.54. The van der Waals surface area contributed by atoms with Gasteiger partial charge in [0.1, 0.15) is 6.73 Å². The first-order valence-corrected chi connectivity index (χ1v) is 5.67. The monoisotopic (exact) mass is 228 g/mol. The van der Waals surface area contributed by atoms with Crippen LogP contribution in [0.5, 0.6) is 0 Å². The molecule has 0 saturated heterocycles. The standard InChI is InChI=1S/C14H16N2O/c1-3-13-12(8-9-15)11-6-4-5-7-14(11)16(13)10-17-2/h3-7,12-13H,1,8,10H2,2H3. The first kappa shape index (κ1) is 11.7. The highest BCUT2D eigenvalue weighted by molar-refractivity contribution is 5.63. The molecule has 3 nitrogen and oxygen atoms in total. The van der Waals surface area contributed by atoms with Crippen LogP contribution in [0, 0.1) is 11.3 Å². The minimum absolute atomic E-state index is 0.145. The Morgan fingerprint density at radius 1 is 1.53 bits per heavy atom. The van der Waals surface area contributed by atoms with Gasteiger partial charge in [0, 0.05) is 25.1 Å². The zero-order chi connectivity index (χ0) is 12.3. The number of hydrogen-bond acceptors (Lipinski definition) is 3. The predicted molar refractivity (Wildman–Crippen MR) is 67.8 cm³/mol. The first-order chi connectivity index (χ1) is 8.33. The lowest BCUT2D eigenvalue weighted by Gasteiger charge is -2.26. The highest BCUT2D eigenvalue weighted by Crippen LogP contribution is 2.42. The topological polar surface area (TPSA) is 36.3 Å². The molecule has 0 aromatic heterocycles. The number of nitriles is 1. The van der Waals surface area contributed by atoms with Crippen LogP contribution in [-0.2, 0) is 4.74 Å². The summed E-state index contributed by atoms with van der Waals surface area (Å²) in [5.74, 6) is 0.198. The van der Waals surface area contributed by atoms with Crippen molar-refractivity contribution in [2.45, 2.75) is 18.4 Å². The van der Waals surface area contributed by atoms with Crippen molar-refractivity contribution in [3.8, 4) is 6.07 Å². The van der Waals surface area contributed by atoms with Crippen molar-refractivity contribution in [2.75, 3.05) is 18.7 Å². The number of hydrogen-bond donors (Lipinski definition) is 0. The average molecular weight is 228 g/mol. The summed E-state index contributed by atoms with van der Waals surface area (Å²) < 4.78 is 5.24. The second-order valence-corrected chi connectivity index (χ2v) is 4.14. The third-order valence-corrected chi connectivity index (χ3v) is 3.24. The molecule has 0 amide bonds. The van der Waals surface area contributed by atoms with Gasteiger partial charge in [-0.15, -0.1) is 6.58 Å². The minimum atomic E-state index is 0.145. The largest absolute Gasteiger partial charge is 0.364 e. The Balaban J connectivity index is 2.42. The lowest BCUT2D eigenvalue weighted by molar-refractivity contribution is 0.193. The van der Waals surface area contributed by atoms with E-state index >= 15 is 0 Å². The van der Waals surface area contributed by atoms with Crippen molar-refractivity contribution in [2.24, 2.45) is 0 Å². The maximum Gasteiger partial charge on any atom is 0.119 e. The molecule has 0 fully saturated rings. The maximum atomic E-state index is 8.95. The molecule has 0 bridgehead atoms. The molecule has 88 valence electrons. The predicted octanol–water partition coefficient (Wildman–Crippen LogP) is 2.66. The Kier molecular flexibility index (Phi) is 3.46. The Bertz CT molecular complexity index is 450. The number of methoxy groups -OCH3 is 1. The second kappa shape index (κ2) is 5.03. The van der Waals surface area contributed by atoms with Gasteiger partial charge < -0.3 is 9.64 Å². The van der Waals surface area contributed by atoms with Crippen LogP contribution >= 0.6 is 0 Å². The van der Waals surface area contributed by atoms with E-state index < -0.39 is 0 Å². The molecule has 3 heteroatoms. The Labute approximate surface area is 102 Å². The van der Waals surface area contributed by atoms with Crippen LogP contribution in [0.4, 0.5) is 5.69 Å². The van der Waals surface area contributed by atoms with Gasteiger partial charge in [-0.2, -0.15) is 5.26 Å². The SMILES string of the molecule is C=CC1C(CC#N)c2ccccc2N1COC. The third kappa shape index (κ3) is 1.92. The lowest BCUT2D eigenvalue weighted by atomic mass is 9.92. The van der Waals surface area contributed by atoms with E-state index in [4.69, 9.17) is 10.00 Å². The van der Waals surface area contributed by atoms with Crippen LogP contribution < -0.4 is 4.90 Å². The number of fused-ring (bicyclic) bond motifs is 1. The molecule has 0 saturated carbocycles. The maximum absolute atomic E-state index is 8.95. The summed E-state index contributed by atoms with van der Waals surface area (Å²) in [5.41, 5.74) is 2.37. The molecule has 1 aliphatic rings. The van der Waals surface area contributed by atoms with Gasteiger partial charge in [0.25, 0.3) is 0 Å². The Morgan fingerprint density at radius 2 is 2.29 bits per heavy atom. The van der Waals surface area contributed by atoms with Gasteiger partial charge in [0.2, 0.25) is 0 Å². The van der Waals surface area contributed by atoms with Gasteiger partial charge in [0.15, 0.2) is 0 Å². The van der Waals surface area contributed by atoms with E-state index in [2.05, 4.69) is 29.7 Å². The summed E-state index contributed by atoms with van der Waals surface area (Å²) in [6, 6.07) is 10.6. The zero-order valence-electron chi connectivity index (χ0n) is 9.97. The normalized spacial score (nSPS) is 22.0. The van der Waals surface area contributed by atoms with Crippen LogP contribution in [0.3, 0.4) is 0 Å². The molecule has 2 unspecified atom stereocenters. The number of ether oxygens (including phenoxy) is 1. The highest BCUT2D eigenvalue weighted by Gasteiger charge is 2.35. The smallest absolute Gasteiger partial charge is 0.119 e. The average Bonchev–Trinajstić information content (AvgIpc) is 2.65. The first-order valence-electron chi connectivity index (χ1n) is 5.67. The van der Waals surface area contributed by atoms with E-state index in [1.54, 1.807) is 7.11 Å². The fourth-order valence-corrected chi connectivity index (χ4v) is 2.54. The molecule has 1 aliphatic heterocycles. The summed E-state index contributed by atoms with van der Waals surface area (Å²) in [6.45, 7) is 4.41. The van der Waals surface area contributed by atoms with Crippen molar-refractivity contribution < 1.29 is 4.74 Å². The van der Waals surface area contributed by atoms with Crippen molar-refractivity contribution in [1.29, 1.82) is 5.26 Å². The number of para-hydroxylation sites is 1. The molecule has 0 radical (unpaired) electrons. The summed E-state index contributed by atoms with van der Waals surface area (Å²) in [4.78, 5) is 2.16. The summed E-state index contributed by atoms with van der Waals surface area (Å²) >= 11 is 0. The minimum Gasteiger partial charge on any atom is -0.364 e. The molecule has 0 aliphatic carbocycles. The van der Waals surface area contributed by atoms with Gasteiger partial charge in [-0.1, -0.05) is 24.3 Å². The third-order valence-electron chi connectivity index (χ3n) is 3.24. The molecule has 1 heterocycles. The number of nitrogens with zero attached hydrogens (tertiary/aromatic N) is 2. The van der Waals surface area contributed by atoms with E-state index in [9.17, 15) is 0 Å². The zero-order valence-corrected chi connectivity index (χ0v) is 9.97. The van der Waals surface area contributed by atoms with E-state index in [1.165, 1.54) is 5.56 Å². The number of rotatable bonds is 4. The molecule has 1 aromatic carbocycles. The summed E-state index contributed by atoms with van der Waals surface area (Å²) in [6.07, 6.45) is 2.41. The summed E-state index contributed by atoms with van der Waals surface area (Å²) in [5, 5.41) is 8.95. The highest BCUT2D eigenvalue weighted by atomic mass is 16.5. The van der Waals surface area contributed by atoms with Crippen molar-refractivity contribution in [1.82, 2.24) is 0 Å². The van der Waals surface area contributed by atoms with Gasteiger partial charge >= 0.3 is 0 Å². The molecule has 0 N–H and O–H groups in total. The number of benzene rings is 1. The summed E-state index contributed by atoms with van der Waals surface area (Å²) in [7, 11) is 1.68. The molecule has 1 aromatic rings.